The van der Waals surface area contributed by atoms with Crippen molar-refractivity contribution in [1.29, 1.82) is 0 Å². The van der Waals surface area contributed by atoms with E-state index in [1.165, 1.54) is 0 Å². The van der Waals surface area contributed by atoms with E-state index in [-0.39, 0.29) is 0 Å². The summed E-state index contributed by atoms with van der Waals surface area (Å²) in [6, 6.07) is 6.29. The van der Waals surface area contributed by atoms with Crippen molar-refractivity contribution in [3.05, 3.63) is 46.2 Å². The molecule has 25 heavy (non-hydrogen) atoms. The van der Waals surface area contributed by atoms with Crippen molar-refractivity contribution in [3.63, 3.8) is 0 Å². The van der Waals surface area contributed by atoms with Crippen LogP contribution in [0, 0.1) is 13.8 Å². The van der Waals surface area contributed by atoms with Gasteiger partial charge in [-0.05, 0) is 31.5 Å². The van der Waals surface area contributed by atoms with Crippen LogP contribution < -0.4 is 4.90 Å². The Morgan fingerprint density at radius 1 is 1.08 bits per heavy atom. The highest BCUT2D eigenvalue weighted by Gasteiger charge is 2.31. The monoisotopic (exact) mass is 361 g/mol. The van der Waals surface area contributed by atoms with Crippen LogP contribution in [0.4, 0.5) is 5.95 Å². The third kappa shape index (κ3) is 3.88. The highest BCUT2D eigenvalue weighted by Crippen LogP contribution is 2.25. The number of aliphatic carboxylic acids is 1. The van der Waals surface area contributed by atoms with Crippen LogP contribution in [0.25, 0.3) is 0 Å². The third-order valence-electron chi connectivity index (χ3n) is 4.46. The van der Waals surface area contributed by atoms with E-state index in [0.717, 1.165) is 17.0 Å². The topological polar surface area (TPSA) is 82.5 Å². The lowest BCUT2D eigenvalue weighted by atomic mass is 10.0. The molecule has 0 saturated carbocycles. The number of rotatable bonds is 4. The molecule has 0 radical (unpaired) electrons. The van der Waals surface area contributed by atoms with E-state index in [1.807, 2.05) is 23.6 Å². The molecular weight excluding hydrogens is 342 g/mol. The lowest BCUT2D eigenvalue weighted by molar-refractivity contribution is -0.143. The Morgan fingerprint density at radius 3 is 2.28 bits per heavy atom. The first-order valence-electron chi connectivity index (χ1n) is 8.11. The van der Waals surface area contributed by atoms with Crippen LogP contribution in [0.3, 0.4) is 0 Å². The van der Waals surface area contributed by atoms with Crippen LogP contribution in [0.1, 0.15) is 23.0 Å². The fourth-order valence-corrected chi connectivity index (χ4v) is 3.04. The maximum absolute atomic E-state index is 11.8. The zero-order chi connectivity index (χ0) is 18.0. The van der Waals surface area contributed by atoms with E-state index in [9.17, 15) is 9.90 Å². The first-order chi connectivity index (χ1) is 12.0. The zero-order valence-electron chi connectivity index (χ0n) is 14.2. The van der Waals surface area contributed by atoms with Crippen molar-refractivity contribution < 1.29 is 9.90 Å². The number of carboxylic acid groups (broad SMARTS) is 1. The van der Waals surface area contributed by atoms with Gasteiger partial charge >= 0.3 is 5.97 Å². The van der Waals surface area contributed by atoms with Gasteiger partial charge in [-0.25, -0.2) is 4.98 Å². The average Bonchev–Trinajstić information content (AvgIpc) is 2.60. The Bertz CT molecular complexity index is 760. The molecule has 1 aromatic carbocycles. The summed E-state index contributed by atoms with van der Waals surface area (Å²) in [5.74, 6) is -0.263. The third-order valence-corrected chi connectivity index (χ3v) is 4.71. The SMILES string of the molecule is Cc1nnc(N2CCN(C(C(=O)O)c3ccc(Cl)cc3)CC2)nc1C. The van der Waals surface area contributed by atoms with Gasteiger partial charge in [0.1, 0.15) is 6.04 Å². The molecule has 0 aliphatic carbocycles. The van der Waals surface area contributed by atoms with Gasteiger partial charge in [-0.15, -0.1) is 5.10 Å². The molecule has 2 heterocycles. The molecule has 1 fully saturated rings. The van der Waals surface area contributed by atoms with Gasteiger partial charge in [-0.1, -0.05) is 23.7 Å². The predicted octanol–water partition coefficient (Wildman–Crippen LogP) is 2.09. The van der Waals surface area contributed by atoms with Crippen molar-refractivity contribution in [2.24, 2.45) is 0 Å². The van der Waals surface area contributed by atoms with Crippen LogP contribution in [0.2, 0.25) is 5.02 Å². The fraction of sp³-hybridized carbons (Fsp3) is 0.412. The van der Waals surface area contributed by atoms with Crippen molar-refractivity contribution in [2.75, 3.05) is 31.1 Å². The lowest BCUT2D eigenvalue weighted by Crippen LogP contribution is -2.49. The molecular formula is C17H20ClN5O2. The molecule has 3 rings (SSSR count). The van der Waals surface area contributed by atoms with Crippen LogP contribution >= 0.6 is 11.6 Å². The second-order valence-corrected chi connectivity index (χ2v) is 6.53. The van der Waals surface area contributed by atoms with Gasteiger partial charge < -0.3 is 10.0 Å². The molecule has 1 unspecified atom stereocenters. The summed E-state index contributed by atoms with van der Waals surface area (Å²) in [6.07, 6.45) is 0. The van der Waals surface area contributed by atoms with Gasteiger partial charge in [0.25, 0.3) is 0 Å². The van der Waals surface area contributed by atoms with E-state index < -0.39 is 12.0 Å². The van der Waals surface area contributed by atoms with Gasteiger partial charge in [-0.3, -0.25) is 9.69 Å². The summed E-state index contributed by atoms with van der Waals surface area (Å²) in [6.45, 7) is 6.31. The Labute approximate surface area is 151 Å². The summed E-state index contributed by atoms with van der Waals surface area (Å²) in [7, 11) is 0. The molecule has 1 saturated heterocycles. The van der Waals surface area contributed by atoms with Gasteiger partial charge in [0.05, 0.1) is 11.4 Å². The summed E-state index contributed by atoms with van der Waals surface area (Å²) in [5.41, 5.74) is 2.41. The van der Waals surface area contributed by atoms with E-state index in [0.29, 0.717) is 37.1 Å². The van der Waals surface area contributed by atoms with Crippen molar-refractivity contribution in [3.8, 4) is 0 Å². The number of hydrogen-bond acceptors (Lipinski definition) is 6. The van der Waals surface area contributed by atoms with E-state index in [4.69, 9.17) is 11.6 Å². The number of anilines is 1. The highest BCUT2D eigenvalue weighted by molar-refractivity contribution is 6.30. The summed E-state index contributed by atoms with van der Waals surface area (Å²) in [5, 5.41) is 18.5. The minimum absolute atomic E-state index is 0.595. The van der Waals surface area contributed by atoms with Gasteiger partial charge in [0, 0.05) is 31.2 Å². The van der Waals surface area contributed by atoms with Crippen molar-refractivity contribution in [2.45, 2.75) is 19.9 Å². The molecule has 0 bridgehead atoms. The Hall–Kier alpha value is -2.25. The zero-order valence-corrected chi connectivity index (χ0v) is 14.9. The minimum atomic E-state index is -0.861. The lowest BCUT2D eigenvalue weighted by Gasteiger charge is -2.37. The van der Waals surface area contributed by atoms with Crippen molar-refractivity contribution >= 4 is 23.5 Å². The summed E-state index contributed by atoms with van der Waals surface area (Å²) in [4.78, 5) is 20.3. The van der Waals surface area contributed by atoms with E-state index in [2.05, 4.69) is 15.2 Å². The van der Waals surface area contributed by atoms with Gasteiger partial charge in [0.15, 0.2) is 0 Å². The molecule has 132 valence electrons. The Morgan fingerprint density at radius 2 is 1.72 bits per heavy atom. The van der Waals surface area contributed by atoms with Crippen LogP contribution in [0.15, 0.2) is 24.3 Å². The maximum Gasteiger partial charge on any atom is 0.325 e. The average molecular weight is 362 g/mol. The molecule has 1 aromatic heterocycles. The highest BCUT2D eigenvalue weighted by atomic mass is 35.5. The first kappa shape index (κ1) is 17.6. The number of hydrogen-bond donors (Lipinski definition) is 1. The number of piperazine rings is 1. The maximum atomic E-state index is 11.8. The Balaban J connectivity index is 1.72. The molecule has 1 atom stereocenters. The molecule has 7 nitrogen and oxygen atoms in total. The van der Waals surface area contributed by atoms with Crippen LogP contribution in [0.5, 0.6) is 0 Å². The van der Waals surface area contributed by atoms with Gasteiger partial charge in [0.2, 0.25) is 5.95 Å². The number of aryl methyl sites for hydroxylation is 2. The predicted molar refractivity (Wildman–Crippen MR) is 94.9 cm³/mol. The van der Waals surface area contributed by atoms with Crippen molar-refractivity contribution in [1.82, 2.24) is 20.1 Å². The summed E-state index contributed by atoms with van der Waals surface area (Å²) < 4.78 is 0. The fourth-order valence-electron chi connectivity index (χ4n) is 2.91. The molecule has 1 aliphatic heterocycles. The number of benzene rings is 1. The van der Waals surface area contributed by atoms with E-state index >= 15 is 0 Å². The molecule has 1 N–H and O–H groups in total. The summed E-state index contributed by atoms with van der Waals surface area (Å²) >= 11 is 5.90. The largest absolute Gasteiger partial charge is 0.480 e. The smallest absolute Gasteiger partial charge is 0.325 e. The molecule has 0 spiro atoms. The molecule has 1 aliphatic rings. The molecule has 0 amide bonds. The number of nitrogens with zero attached hydrogens (tertiary/aromatic N) is 5. The first-order valence-corrected chi connectivity index (χ1v) is 8.48. The van der Waals surface area contributed by atoms with E-state index in [1.54, 1.807) is 24.3 Å². The molecule has 8 heteroatoms. The van der Waals surface area contributed by atoms with Crippen LogP contribution in [-0.2, 0) is 4.79 Å². The normalized spacial score (nSPS) is 16.7. The second kappa shape index (κ2) is 7.33. The van der Waals surface area contributed by atoms with Crippen LogP contribution in [-0.4, -0.2) is 57.3 Å². The molecule has 2 aromatic rings. The number of aromatic nitrogens is 3. The quantitative estimate of drug-likeness (QED) is 0.892. The second-order valence-electron chi connectivity index (χ2n) is 6.10. The standard InChI is InChI=1S/C17H20ClN5O2/c1-11-12(2)20-21-17(19-11)23-9-7-22(8-10-23)15(16(24)25)13-3-5-14(18)6-4-13/h3-6,15H,7-10H2,1-2H3,(H,24,25). The number of carbonyl (C=O) groups is 1. The Kier molecular flexibility index (Phi) is 5.15. The minimum Gasteiger partial charge on any atom is -0.480 e. The number of carboxylic acids is 1. The van der Waals surface area contributed by atoms with Gasteiger partial charge in [-0.2, -0.15) is 5.10 Å². The number of halogens is 1.